The van der Waals surface area contributed by atoms with E-state index in [-0.39, 0.29) is 0 Å². The highest BCUT2D eigenvalue weighted by molar-refractivity contribution is 9.10. The van der Waals surface area contributed by atoms with Gasteiger partial charge in [0.25, 0.3) is 5.65 Å². The SMILES string of the molecule is CCCCN(CC1CC1)c1nc(C)nc2c(-c3c(OC)cc(Br)cc3OC)c(C)[nH][n+]12. The lowest BCUT2D eigenvalue weighted by Gasteiger charge is -2.18. The molecule has 2 aromatic heterocycles. The van der Waals surface area contributed by atoms with Crippen molar-refractivity contribution in [1.82, 2.24) is 15.1 Å². The molecule has 1 aromatic carbocycles. The first kappa shape index (κ1) is 21.9. The molecular weight excluding hydrogens is 458 g/mol. The number of hydrogen-bond acceptors (Lipinski definition) is 5. The van der Waals surface area contributed by atoms with Crippen molar-refractivity contribution >= 4 is 27.5 Å². The van der Waals surface area contributed by atoms with Gasteiger partial charge in [-0.1, -0.05) is 34.3 Å². The third-order valence-electron chi connectivity index (χ3n) is 5.78. The van der Waals surface area contributed by atoms with Crippen LogP contribution in [0.1, 0.15) is 44.1 Å². The van der Waals surface area contributed by atoms with E-state index in [0.717, 1.165) is 82.1 Å². The highest BCUT2D eigenvalue weighted by Gasteiger charge is 2.32. The summed E-state index contributed by atoms with van der Waals surface area (Å²) in [6, 6.07) is 3.91. The number of anilines is 1. The van der Waals surface area contributed by atoms with Gasteiger partial charge in [-0.2, -0.15) is 0 Å². The van der Waals surface area contributed by atoms with Gasteiger partial charge in [0.2, 0.25) is 5.82 Å². The van der Waals surface area contributed by atoms with Crippen molar-refractivity contribution in [2.24, 2.45) is 5.92 Å². The zero-order valence-electron chi connectivity index (χ0n) is 19.0. The van der Waals surface area contributed by atoms with Gasteiger partial charge in [-0.05, 0) is 44.2 Å². The number of benzene rings is 1. The van der Waals surface area contributed by atoms with Crippen LogP contribution in [0.4, 0.5) is 5.95 Å². The Balaban J connectivity index is 1.93. The van der Waals surface area contributed by atoms with E-state index in [9.17, 15) is 0 Å². The predicted molar refractivity (Wildman–Crippen MR) is 125 cm³/mol. The Hall–Kier alpha value is -2.35. The second-order valence-electron chi connectivity index (χ2n) is 8.27. The molecule has 0 bridgehead atoms. The Bertz CT molecular complexity index is 1070. The normalized spacial score (nSPS) is 13.6. The molecule has 1 aliphatic rings. The Morgan fingerprint density at radius 1 is 1.13 bits per heavy atom. The maximum atomic E-state index is 5.73. The third-order valence-corrected chi connectivity index (χ3v) is 6.24. The maximum Gasteiger partial charge on any atom is 0.374 e. The molecule has 0 spiro atoms. The standard InChI is InChI=1S/C23H30BrN5O2/c1-6-7-10-28(13-16-8-9-16)23-26-15(3)25-22-20(14(2)27-29(22)23)21-18(30-4)11-17(24)12-19(21)31-5/h11-12,16H,6-10,13H2,1-5H3/p+1. The Morgan fingerprint density at radius 2 is 1.81 bits per heavy atom. The molecule has 0 aliphatic heterocycles. The predicted octanol–water partition coefficient (Wildman–Crippen LogP) is 4.62. The second kappa shape index (κ2) is 9.02. The fourth-order valence-corrected chi connectivity index (χ4v) is 4.47. The zero-order valence-corrected chi connectivity index (χ0v) is 20.5. The van der Waals surface area contributed by atoms with Crippen LogP contribution >= 0.6 is 15.9 Å². The van der Waals surface area contributed by atoms with E-state index in [1.165, 1.54) is 12.8 Å². The lowest BCUT2D eigenvalue weighted by Crippen LogP contribution is -2.40. The Kier molecular flexibility index (Phi) is 6.36. The van der Waals surface area contributed by atoms with E-state index in [1.54, 1.807) is 14.2 Å². The zero-order chi connectivity index (χ0) is 22.1. The average molecular weight is 489 g/mol. The number of rotatable bonds is 9. The maximum absolute atomic E-state index is 5.73. The van der Waals surface area contributed by atoms with Gasteiger partial charge in [0.05, 0.1) is 44.1 Å². The number of aromatic nitrogens is 4. The van der Waals surface area contributed by atoms with Crippen LogP contribution < -0.4 is 18.9 Å². The van der Waals surface area contributed by atoms with E-state index in [4.69, 9.17) is 19.4 Å². The van der Waals surface area contributed by atoms with Crippen LogP contribution in [0, 0.1) is 19.8 Å². The molecule has 1 saturated carbocycles. The number of hydrogen-bond donors (Lipinski definition) is 1. The van der Waals surface area contributed by atoms with Crippen molar-refractivity contribution in [2.45, 2.75) is 46.5 Å². The summed E-state index contributed by atoms with van der Waals surface area (Å²) in [5.74, 6) is 3.91. The Morgan fingerprint density at radius 3 is 2.39 bits per heavy atom. The molecule has 0 saturated heterocycles. The molecule has 3 aromatic rings. The van der Waals surface area contributed by atoms with Crippen LogP contribution in [0.25, 0.3) is 16.8 Å². The van der Waals surface area contributed by atoms with E-state index in [0.29, 0.717) is 0 Å². The van der Waals surface area contributed by atoms with Crippen molar-refractivity contribution in [3.63, 3.8) is 0 Å². The number of methoxy groups -OCH3 is 2. The lowest BCUT2D eigenvalue weighted by molar-refractivity contribution is -0.569. The van der Waals surface area contributed by atoms with Crippen molar-refractivity contribution in [3.05, 3.63) is 28.1 Å². The minimum Gasteiger partial charge on any atom is -0.496 e. The third kappa shape index (κ3) is 4.35. The van der Waals surface area contributed by atoms with Crippen LogP contribution in [-0.2, 0) is 0 Å². The number of ether oxygens (including phenoxy) is 2. The number of halogens is 1. The molecule has 7 nitrogen and oxygen atoms in total. The molecule has 0 radical (unpaired) electrons. The number of aromatic amines is 1. The van der Waals surface area contributed by atoms with Gasteiger partial charge in [-0.3, -0.25) is 10.00 Å². The molecule has 166 valence electrons. The van der Waals surface area contributed by atoms with Gasteiger partial charge in [0.1, 0.15) is 11.5 Å². The molecule has 0 unspecified atom stereocenters. The van der Waals surface area contributed by atoms with Crippen molar-refractivity contribution in [3.8, 4) is 22.6 Å². The highest BCUT2D eigenvalue weighted by atomic mass is 79.9. The van der Waals surface area contributed by atoms with Gasteiger partial charge < -0.3 is 9.47 Å². The van der Waals surface area contributed by atoms with Crippen LogP contribution in [0.5, 0.6) is 11.5 Å². The summed E-state index contributed by atoms with van der Waals surface area (Å²) in [5.41, 5.74) is 3.67. The topological polar surface area (TPSA) is 67.4 Å². The lowest BCUT2D eigenvalue weighted by atomic mass is 10.0. The first-order valence-corrected chi connectivity index (χ1v) is 11.7. The van der Waals surface area contributed by atoms with E-state index < -0.39 is 0 Å². The van der Waals surface area contributed by atoms with Gasteiger partial charge in [-0.15, -0.1) is 9.50 Å². The van der Waals surface area contributed by atoms with Crippen molar-refractivity contribution in [2.75, 3.05) is 32.2 Å². The molecule has 1 aliphatic carbocycles. The highest BCUT2D eigenvalue weighted by Crippen LogP contribution is 2.43. The largest absolute Gasteiger partial charge is 0.496 e. The molecule has 0 amide bonds. The molecule has 1 fully saturated rings. The monoisotopic (exact) mass is 488 g/mol. The molecule has 2 heterocycles. The Labute approximate surface area is 191 Å². The minimum atomic E-state index is 0.731. The summed E-state index contributed by atoms with van der Waals surface area (Å²) in [4.78, 5) is 12.1. The molecular formula is C23H31BrN5O2+. The molecule has 31 heavy (non-hydrogen) atoms. The summed E-state index contributed by atoms with van der Waals surface area (Å²) in [6.07, 6.45) is 4.91. The fourth-order valence-electron chi connectivity index (χ4n) is 4.05. The average Bonchev–Trinajstić information content (AvgIpc) is 3.51. The fraction of sp³-hybridized carbons (Fsp3) is 0.522. The summed E-state index contributed by atoms with van der Waals surface area (Å²) in [6.45, 7) is 8.27. The number of aryl methyl sites for hydroxylation is 2. The first-order chi connectivity index (χ1) is 15.0. The quantitative estimate of drug-likeness (QED) is 0.445. The first-order valence-electron chi connectivity index (χ1n) is 10.9. The molecule has 4 rings (SSSR count). The second-order valence-corrected chi connectivity index (χ2v) is 9.19. The summed E-state index contributed by atoms with van der Waals surface area (Å²) in [7, 11) is 3.35. The van der Waals surface area contributed by atoms with Crippen molar-refractivity contribution < 1.29 is 14.0 Å². The van der Waals surface area contributed by atoms with Gasteiger partial charge in [-0.25, -0.2) is 0 Å². The summed E-state index contributed by atoms with van der Waals surface area (Å²) >= 11 is 3.55. The van der Waals surface area contributed by atoms with E-state index in [2.05, 4.69) is 39.8 Å². The number of nitrogens with zero attached hydrogens (tertiary/aromatic N) is 4. The number of unbranched alkanes of at least 4 members (excludes halogenated alkanes) is 1. The number of H-pyrrole nitrogens is 1. The number of nitrogens with one attached hydrogen (secondary N) is 1. The summed E-state index contributed by atoms with van der Waals surface area (Å²) < 4.78 is 14.4. The van der Waals surface area contributed by atoms with Gasteiger partial charge in [0.15, 0.2) is 0 Å². The summed E-state index contributed by atoms with van der Waals surface area (Å²) in [5, 5.41) is 3.52. The molecule has 1 N–H and O–H groups in total. The van der Waals surface area contributed by atoms with Crippen LogP contribution in [0.3, 0.4) is 0 Å². The van der Waals surface area contributed by atoms with Gasteiger partial charge >= 0.3 is 5.95 Å². The smallest absolute Gasteiger partial charge is 0.374 e. The minimum absolute atomic E-state index is 0.731. The van der Waals surface area contributed by atoms with Gasteiger partial charge in [0, 0.05) is 11.4 Å². The number of fused-ring (bicyclic) bond motifs is 1. The van der Waals surface area contributed by atoms with Crippen LogP contribution in [0.2, 0.25) is 0 Å². The van der Waals surface area contributed by atoms with Crippen LogP contribution in [-0.4, -0.2) is 42.4 Å². The molecule has 0 atom stereocenters. The van der Waals surface area contributed by atoms with Crippen LogP contribution in [0.15, 0.2) is 16.6 Å². The van der Waals surface area contributed by atoms with E-state index >= 15 is 0 Å². The molecule has 8 heteroatoms. The van der Waals surface area contributed by atoms with E-state index in [1.807, 2.05) is 23.6 Å². The van der Waals surface area contributed by atoms with Crippen molar-refractivity contribution in [1.29, 1.82) is 0 Å².